The molecular formula is C19H23NO2. The summed E-state index contributed by atoms with van der Waals surface area (Å²) in [5.41, 5.74) is 2.46. The Kier molecular flexibility index (Phi) is 5.46. The van der Waals surface area contributed by atoms with Gasteiger partial charge in [-0.3, -0.25) is 0 Å². The van der Waals surface area contributed by atoms with E-state index < -0.39 is 0 Å². The van der Waals surface area contributed by atoms with Crippen LogP contribution in [0.3, 0.4) is 0 Å². The number of benzene rings is 2. The standard InChI is InChI=1S/C19H23NO2/c1-2-5-17(6-3-1)14-22-19-10-8-16(9-11-19)13-20-18-7-4-12-21-15-18/h1-3,5-6,8-11,18,20H,4,7,12-15H2. The fourth-order valence-electron chi connectivity index (χ4n) is 2.61. The first-order valence-electron chi connectivity index (χ1n) is 7.97. The van der Waals surface area contributed by atoms with Gasteiger partial charge in [-0.25, -0.2) is 0 Å². The largest absolute Gasteiger partial charge is 0.489 e. The Hall–Kier alpha value is -1.84. The molecule has 3 rings (SSSR count). The van der Waals surface area contributed by atoms with Crippen LogP contribution in [0.5, 0.6) is 5.75 Å². The highest BCUT2D eigenvalue weighted by atomic mass is 16.5. The molecule has 1 unspecified atom stereocenters. The van der Waals surface area contributed by atoms with Crippen molar-refractivity contribution in [2.75, 3.05) is 13.2 Å². The third kappa shape index (κ3) is 4.58. The molecule has 1 heterocycles. The summed E-state index contributed by atoms with van der Waals surface area (Å²) in [4.78, 5) is 0. The highest BCUT2D eigenvalue weighted by molar-refractivity contribution is 5.27. The van der Waals surface area contributed by atoms with Crippen LogP contribution < -0.4 is 10.1 Å². The average Bonchev–Trinajstić information content (AvgIpc) is 2.61. The van der Waals surface area contributed by atoms with Gasteiger partial charge in [-0.05, 0) is 36.1 Å². The quantitative estimate of drug-likeness (QED) is 0.884. The summed E-state index contributed by atoms with van der Waals surface area (Å²) >= 11 is 0. The summed E-state index contributed by atoms with van der Waals surface area (Å²) < 4.78 is 11.3. The van der Waals surface area contributed by atoms with Crippen LogP contribution in [0, 0.1) is 0 Å². The van der Waals surface area contributed by atoms with Gasteiger partial charge in [-0.1, -0.05) is 42.5 Å². The van der Waals surface area contributed by atoms with Crippen LogP contribution in [0.25, 0.3) is 0 Å². The molecule has 0 saturated carbocycles. The first-order chi connectivity index (χ1) is 10.9. The second kappa shape index (κ2) is 7.97. The van der Waals surface area contributed by atoms with Crippen LogP contribution in [-0.2, 0) is 17.9 Å². The van der Waals surface area contributed by atoms with E-state index in [1.54, 1.807) is 0 Å². The number of rotatable bonds is 6. The molecule has 3 heteroatoms. The molecule has 22 heavy (non-hydrogen) atoms. The molecule has 2 aromatic carbocycles. The van der Waals surface area contributed by atoms with E-state index in [0.29, 0.717) is 12.6 Å². The van der Waals surface area contributed by atoms with E-state index in [1.165, 1.54) is 17.5 Å². The van der Waals surface area contributed by atoms with Crippen molar-refractivity contribution in [2.45, 2.75) is 32.0 Å². The molecule has 1 aliphatic heterocycles. The molecule has 0 aliphatic carbocycles. The minimum Gasteiger partial charge on any atom is -0.489 e. The Morgan fingerprint density at radius 3 is 2.55 bits per heavy atom. The van der Waals surface area contributed by atoms with E-state index >= 15 is 0 Å². The lowest BCUT2D eigenvalue weighted by Crippen LogP contribution is -2.36. The van der Waals surface area contributed by atoms with Crippen molar-refractivity contribution >= 4 is 0 Å². The molecule has 2 aromatic rings. The lowest BCUT2D eigenvalue weighted by molar-refractivity contribution is 0.0699. The molecule has 0 aromatic heterocycles. The average molecular weight is 297 g/mol. The van der Waals surface area contributed by atoms with Gasteiger partial charge in [0.1, 0.15) is 12.4 Å². The fraction of sp³-hybridized carbons (Fsp3) is 0.368. The van der Waals surface area contributed by atoms with Gasteiger partial charge >= 0.3 is 0 Å². The molecule has 0 amide bonds. The summed E-state index contributed by atoms with van der Waals surface area (Å²) in [6.45, 7) is 3.23. The summed E-state index contributed by atoms with van der Waals surface area (Å²) in [6.07, 6.45) is 2.36. The van der Waals surface area contributed by atoms with Crippen LogP contribution in [-0.4, -0.2) is 19.3 Å². The van der Waals surface area contributed by atoms with Crippen LogP contribution in [0.4, 0.5) is 0 Å². The first-order valence-corrected chi connectivity index (χ1v) is 7.97. The van der Waals surface area contributed by atoms with Crippen molar-refractivity contribution in [3.05, 3.63) is 65.7 Å². The lowest BCUT2D eigenvalue weighted by atomic mass is 10.1. The second-order valence-corrected chi connectivity index (χ2v) is 5.71. The molecule has 1 fully saturated rings. The highest BCUT2D eigenvalue weighted by Crippen LogP contribution is 2.15. The van der Waals surface area contributed by atoms with Gasteiger partial charge in [0.05, 0.1) is 6.61 Å². The zero-order valence-corrected chi connectivity index (χ0v) is 12.8. The van der Waals surface area contributed by atoms with Crippen LogP contribution in [0.1, 0.15) is 24.0 Å². The van der Waals surface area contributed by atoms with Crippen LogP contribution >= 0.6 is 0 Å². The van der Waals surface area contributed by atoms with E-state index in [2.05, 4.69) is 29.6 Å². The summed E-state index contributed by atoms with van der Waals surface area (Å²) in [5, 5.41) is 3.55. The number of nitrogens with one attached hydrogen (secondary N) is 1. The molecule has 0 radical (unpaired) electrons. The normalized spacial score (nSPS) is 18.1. The van der Waals surface area contributed by atoms with Crippen LogP contribution in [0.2, 0.25) is 0 Å². The van der Waals surface area contributed by atoms with E-state index in [0.717, 1.165) is 31.9 Å². The van der Waals surface area contributed by atoms with Gasteiger partial charge in [0.2, 0.25) is 0 Å². The third-order valence-corrected chi connectivity index (χ3v) is 3.93. The van der Waals surface area contributed by atoms with Crippen molar-refractivity contribution in [1.82, 2.24) is 5.32 Å². The maximum atomic E-state index is 5.80. The van der Waals surface area contributed by atoms with Crippen molar-refractivity contribution in [1.29, 1.82) is 0 Å². The fourth-order valence-corrected chi connectivity index (χ4v) is 2.61. The molecule has 0 spiro atoms. The second-order valence-electron chi connectivity index (χ2n) is 5.71. The van der Waals surface area contributed by atoms with Gasteiger partial charge < -0.3 is 14.8 Å². The molecule has 3 nitrogen and oxygen atoms in total. The topological polar surface area (TPSA) is 30.5 Å². The zero-order valence-electron chi connectivity index (χ0n) is 12.8. The number of hydrogen-bond acceptors (Lipinski definition) is 3. The van der Waals surface area contributed by atoms with Gasteiger partial charge in [0.15, 0.2) is 0 Å². The Morgan fingerprint density at radius 1 is 1.00 bits per heavy atom. The number of hydrogen-bond donors (Lipinski definition) is 1. The van der Waals surface area contributed by atoms with Gasteiger partial charge in [0, 0.05) is 19.2 Å². The Labute approximate surface area is 132 Å². The van der Waals surface area contributed by atoms with E-state index in [4.69, 9.17) is 9.47 Å². The summed E-state index contributed by atoms with van der Waals surface area (Å²) in [5.74, 6) is 0.911. The maximum absolute atomic E-state index is 5.80. The van der Waals surface area contributed by atoms with Crippen molar-refractivity contribution < 1.29 is 9.47 Å². The zero-order chi connectivity index (χ0) is 15.0. The predicted molar refractivity (Wildman–Crippen MR) is 87.9 cm³/mol. The maximum Gasteiger partial charge on any atom is 0.119 e. The van der Waals surface area contributed by atoms with Crippen molar-refractivity contribution in [3.63, 3.8) is 0 Å². The lowest BCUT2D eigenvalue weighted by Gasteiger charge is -2.23. The van der Waals surface area contributed by atoms with E-state index in [-0.39, 0.29) is 0 Å². The monoisotopic (exact) mass is 297 g/mol. The Bertz CT molecular complexity index is 547. The van der Waals surface area contributed by atoms with Gasteiger partial charge in [0.25, 0.3) is 0 Å². The highest BCUT2D eigenvalue weighted by Gasteiger charge is 2.12. The van der Waals surface area contributed by atoms with E-state index in [9.17, 15) is 0 Å². The summed E-state index contributed by atoms with van der Waals surface area (Å²) in [6, 6.07) is 19.0. The Morgan fingerprint density at radius 2 is 1.82 bits per heavy atom. The molecule has 1 atom stereocenters. The smallest absolute Gasteiger partial charge is 0.119 e. The van der Waals surface area contributed by atoms with E-state index in [1.807, 2.05) is 30.3 Å². The minimum absolute atomic E-state index is 0.489. The van der Waals surface area contributed by atoms with Crippen molar-refractivity contribution in [3.8, 4) is 5.75 Å². The molecule has 1 N–H and O–H groups in total. The minimum atomic E-state index is 0.489. The Balaban J connectivity index is 1.45. The van der Waals surface area contributed by atoms with Crippen LogP contribution in [0.15, 0.2) is 54.6 Å². The van der Waals surface area contributed by atoms with Gasteiger partial charge in [-0.2, -0.15) is 0 Å². The molecule has 0 bridgehead atoms. The molecule has 1 aliphatic rings. The molecular weight excluding hydrogens is 274 g/mol. The first kappa shape index (κ1) is 15.1. The third-order valence-electron chi connectivity index (χ3n) is 3.93. The number of ether oxygens (including phenoxy) is 2. The molecule has 116 valence electrons. The SMILES string of the molecule is c1ccc(COc2ccc(CNC3CCCOC3)cc2)cc1. The van der Waals surface area contributed by atoms with Crippen molar-refractivity contribution in [2.24, 2.45) is 0 Å². The molecule has 1 saturated heterocycles. The predicted octanol–water partition coefficient (Wildman–Crippen LogP) is 3.53. The summed E-state index contributed by atoms with van der Waals surface area (Å²) in [7, 11) is 0. The van der Waals surface area contributed by atoms with Gasteiger partial charge in [-0.15, -0.1) is 0 Å².